The highest BCUT2D eigenvalue weighted by molar-refractivity contribution is 6.15. The number of rotatable bonds is 3. The van der Waals surface area contributed by atoms with Crippen LogP contribution in [0.4, 0.5) is 0 Å². The van der Waals surface area contributed by atoms with E-state index in [1.807, 2.05) is 28.8 Å². The van der Waals surface area contributed by atoms with Crippen molar-refractivity contribution in [2.75, 3.05) is 0 Å². The Balaban J connectivity index is 2.08. The second-order valence-corrected chi connectivity index (χ2v) is 5.63. The number of nitrogens with zero attached hydrogens (tertiary/aromatic N) is 1. The van der Waals surface area contributed by atoms with Gasteiger partial charge in [-0.3, -0.25) is 9.36 Å². The van der Waals surface area contributed by atoms with Crippen LogP contribution in [0.3, 0.4) is 0 Å². The summed E-state index contributed by atoms with van der Waals surface area (Å²) in [6.45, 7) is 2.21. The molecule has 0 atom stereocenters. The predicted molar refractivity (Wildman–Crippen MR) is 85.7 cm³/mol. The molecule has 4 rings (SSSR count). The monoisotopic (exact) mass is 275 g/mol. The van der Waals surface area contributed by atoms with Crippen molar-refractivity contribution in [3.8, 4) is 11.3 Å². The summed E-state index contributed by atoms with van der Waals surface area (Å²) >= 11 is 0. The Morgan fingerprint density at radius 1 is 0.952 bits per heavy atom. The van der Waals surface area contributed by atoms with E-state index in [9.17, 15) is 4.79 Å². The number of aromatic nitrogens is 1. The summed E-state index contributed by atoms with van der Waals surface area (Å²) in [7, 11) is 0. The number of carbonyl (C=O) groups excluding carboxylic acids is 1. The molecule has 0 unspecified atom stereocenters. The maximum absolute atomic E-state index is 12.8. The first-order valence-corrected chi connectivity index (χ1v) is 7.59. The van der Waals surface area contributed by atoms with Crippen molar-refractivity contribution in [3.05, 3.63) is 59.7 Å². The van der Waals surface area contributed by atoms with E-state index in [4.69, 9.17) is 0 Å². The highest BCUT2D eigenvalue weighted by Gasteiger charge is 2.31. The molecule has 0 radical (unpaired) electrons. The van der Waals surface area contributed by atoms with E-state index < -0.39 is 0 Å². The average molecular weight is 275 g/mol. The minimum Gasteiger partial charge on any atom is -0.275 e. The molecule has 2 aromatic carbocycles. The van der Waals surface area contributed by atoms with E-state index in [0.717, 1.165) is 41.6 Å². The van der Waals surface area contributed by atoms with Gasteiger partial charge in [-0.2, -0.15) is 0 Å². The normalized spacial score (nSPS) is 12.7. The molecule has 0 bridgehead atoms. The van der Waals surface area contributed by atoms with Crippen molar-refractivity contribution in [2.45, 2.75) is 26.2 Å². The molecule has 21 heavy (non-hydrogen) atoms. The molecule has 0 N–H and O–H groups in total. The van der Waals surface area contributed by atoms with Gasteiger partial charge in [-0.1, -0.05) is 49.7 Å². The fourth-order valence-electron chi connectivity index (χ4n) is 3.40. The number of unbranched alkanes of at least 4 members (excludes halogenated alkanes) is 1. The van der Waals surface area contributed by atoms with E-state index in [-0.39, 0.29) is 5.91 Å². The van der Waals surface area contributed by atoms with Crippen LogP contribution in [0.1, 0.15) is 35.7 Å². The van der Waals surface area contributed by atoms with Crippen molar-refractivity contribution in [1.82, 2.24) is 4.57 Å². The molecule has 1 aliphatic heterocycles. The lowest BCUT2D eigenvalue weighted by Crippen LogP contribution is -2.05. The standard InChI is InChI=1S/C19H17NO/c1-2-3-8-14-13-9-6-7-12-17(13)20-18(14)15-10-4-5-11-16(15)19(20)21/h4-7,9-12H,2-3,8H2,1H3. The number of para-hydroxylation sites is 1. The molecule has 104 valence electrons. The molecule has 3 aromatic rings. The zero-order valence-corrected chi connectivity index (χ0v) is 12.1. The molecule has 0 saturated heterocycles. The molecule has 0 aliphatic carbocycles. The van der Waals surface area contributed by atoms with Crippen molar-refractivity contribution in [3.63, 3.8) is 0 Å². The van der Waals surface area contributed by atoms with Gasteiger partial charge in [0.1, 0.15) is 0 Å². The van der Waals surface area contributed by atoms with Crippen LogP contribution in [0.25, 0.3) is 22.2 Å². The zero-order chi connectivity index (χ0) is 14.4. The molecule has 0 spiro atoms. The Bertz CT molecular complexity index is 857. The first kappa shape index (κ1) is 12.4. The van der Waals surface area contributed by atoms with E-state index in [0.29, 0.717) is 0 Å². The lowest BCUT2D eigenvalue weighted by Gasteiger charge is -2.03. The molecule has 2 nitrogen and oxygen atoms in total. The van der Waals surface area contributed by atoms with Gasteiger partial charge in [-0.15, -0.1) is 0 Å². The second kappa shape index (κ2) is 4.59. The van der Waals surface area contributed by atoms with Gasteiger partial charge in [0.2, 0.25) is 0 Å². The number of hydrogen-bond acceptors (Lipinski definition) is 1. The lowest BCUT2D eigenvalue weighted by molar-refractivity contribution is 0.0973. The second-order valence-electron chi connectivity index (χ2n) is 5.63. The van der Waals surface area contributed by atoms with E-state index >= 15 is 0 Å². The summed E-state index contributed by atoms with van der Waals surface area (Å²) in [6, 6.07) is 16.2. The molecule has 0 saturated carbocycles. The van der Waals surface area contributed by atoms with E-state index in [1.165, 1.54) is 10.9 Å². The fourth-order valence-corrected chi connectivity index (χ4v) is 3.40. The largest absolute Gasteiger partial charge is 0.275 e. The van der Waals surface area contributed by atoms with Crippen molar-refractivity contribution in [2.24, 2.45) is 0 Å². The Kier molecular flexibility index (Phi) is 2.71. The number of aryl methyl sites for hydroxylation is 1. The van der Waals surface area contributed by atoms with Crippen LogP contribution in [0.15, 0.2) is 48.5 Å². The molecule has 1 aromatic heterocycles. The third-order valence-corrected chi connectivity index (χ3v) is 4.38. The quantitative estimate of drug-likeness (QED) is 0.533. The third-order valence-electron chi connectivity index (χ3n) is 4.38. The van der Waals surface area contributed by atoms with Crippen LogP contribution in [0.2, 0.25) is 0 Å². The summed E-state index contributed by atoms with van der Waals surface area (Å²) < 4.78 is 1.91. The van der Waals surface area contributed by atoms with Crippen molar-refractivity contribution >= 4 is 16.8 Å². The molecular weight excluding hydrogens is 258 g/mol. The predicted octanol–water partition coefficient (Wildman–Crippen LogP) is 4.65. The number of carbonyl (C=O) groups is 1. The molecule has 0 fully saturated rings. The van der Waals surface area contributed by atoms with Gasteiger partial charge < -0.3 is 0 Å². The van der Waals surface area contributed by atoms with Gasteiger partial charge in [-0.25, -0.2) is 0 Å². The number of hydrogen-bond donors (Lipinski definition) is 0. The molecular formula is C19H17NO. The summed E-state index contributed by atoms with van der Waals surface area (Å²) in [5.41, 5.74) is 5.40. The molecule has 2 heteroatoms. The van der Waals surface area contributed by atoms with Crippen LogP contribution in [-0.2, 0) is 6.42 Å². The van der Waals surface area contributed by atoms with Gasteiger partial charge >= 0.3 is 0 Å². The summed E-state index contributed by atoms with van der Waals surface area (Å²) in [5.74, 6) is 0.111. The van der Waals surface area contributed by atoms with E-state index in [1.54, 1.807) is 0 Å². The first-order valence-electron chi connectivity index (χ1n) is 7.59. The average Bonchev–Trinajstić information content (AvgIpc) is 3.00. The summed E-state index contributed by atoms with van der Waals surface area (Å²) in [6.07, 6.45) is 3.34. The molecule has 0 amide bonds. The van der Waals surface area contributed by atoms with Gasteiger partial charge in [0.25, 0.3) is 5.91 Å². The Morgan fingerprint density at radius 3 is 2.48 bits per heavy atom. The van der Waals surface area contributed by atoms with Crippen molar-refractivity contribution < 1.29 is 4.79 Å². The minimum atomic E-state index is 0.111. The van der Waals surface area contributed by atoms with Gasteiger partial charge in [-0.05, 0) is 30.5 Å². The summed E-state index contributed by atoms with van der Waals surface area (Å²) in [4.78, 5) is 12.8. The summed E-state index contributed by atoms with van der Waals surface area (Å²) in [5, 5.41) is 1.23. The van der Waals surface area contributed by atoms with Crippen LogP contribution in [-0.4, -0.2) is 10.5 Å². The highest BCUT2D eigenvalue weighted by atomic mass is 16.2. The minimum absolute atomic E-state index is 0.111. The Labute approximate surface area is 124 Å². The Morgan fingerprint density at radius 2 is 1.67 bits per heavy atom. The third kappa shape index (κ3) is 1.62. The topological polar surface area (TPSA) is 22.0 Å². The van der Waals surface area contributed by atoms with Gasteiger partial charge in [0.05, 0.1) is 11.2 Å². The first-order chi connectivity index (χ1) is 10.3. The number of benzene rings is 2. The zero-order valence-electron chi connectivity index (χ0n) is 12.1. The lowest BCUT2D eigenvalue weighted by atomic mass is 9.98. The smallest absolute Gasteiger partial charge is 0.263 e. The maximum Gasteiger partial charge on any atom is 0.263 e. The van der Waals surface area contributed by atoms with Crippen LogP contribution in [0, 0.1) is 0 Å². The number of fused-ring (bicyclic) bond motifs is 5. The van der Waals surface area contributed by atoms with Gasteiger partial charge in [0.15, 0.2) is 0 Å². The van der Waals surface area contributed by atoms with Crippen LogP contribution in [0.5, 0.6) is 0 Å². The molecule has 1 aliphatic rings. The maximum atomic E-state index is 12.8. The molecule has 2 heterocycles. The van der Waals surface area contributed by atoms with E-state index in [2.05, 4.69) is 31.2 Å². The van der Waals surface area contributed by atoms with Crippen LogP contribution < -0.4 is 0 Å². The highest BCUT2D eigenvalue weighted by Crippen LogP contribution is 2.41. The fraction of sp³-hybridized carbons (Fsp3) is 0.211. The van der Waals surface area contributed by atoms with Gasteiger partial charge in [0, 0.05) is 16.5 Å². The van der Waals surface area contributed by atoms with Crippen molar-refractivity contribution in [1.29, 1.82) is 0 Å². The Hall–Kier alpha value is -2.35. The van der Waals surface area contributed by atoms with Crippen LogP contribution >= 0.6 is 0 Å². The SMILES string of the molecule is CCCCc1c2n(c3ccccc13)C(=O)c1ccccc1-2.